The molecule has 3 aromatic rings. The molecule has 1 aromatic carbocycles. The van der Waals surface area contributed by atoms with Gasteiger partial charge in [-0.25, -0.2) is 4.98 Å². The third kappa shape index (κ3) is 3.61. The zero-order valence-electron chi connectivity index (χ0n) is 14.6. The van der Waals surface area contributed by atoms with E-state index in [1.807, 2.05) is 17.5 Å². The molecule has 27 heavy (non-hydrogen) atoms. The van der Waals surface area contributed by atoms with Gasteiger partial charge >= 0.3 is 0 Å². The first-order chi connectivity index (χ1) is 13.1. The topological polar surface area (TPSA) is 84.3 Å². The van der Waals surface area contributed by atoms with E-state index >= 15 is 0 Å². The number of amides is 2. The summed E-state index contributed by atoms with van der Waals surface area (Å²) in [4.78, 5) is 42.3. The Bertz CT molecular complexity index is 1050. The lowest BCUT2D eigenvalue weighted by Gasteiger charge is -2.16. The fourth-order valence-corrected chi connectivity index (χ4v) is 3.92. The Balaban J connectivity index is 1.37. The molecule has 0 spiro atoms. The number of rotatable bonds is 5. The Morgan fingerprint density at radius 1 is 1.19 bits per heavy atom. The molecule has 8 heteroatoms. The number of aromatic nitrogens is 2. The minimum absolute atomic E-state index is 0.123. The van der Waals surface area contributed by atoms with Crippen molar-refractivity contribution in [1.29, 1.82) is 0 Å². The van der Waals surface area contributed by atoms with Crippen LogP contribution in [0.25, 0.3) is 10.2 Å². The van der Waals surface area contributed by atoms with E-state index in [1.54, 1.807) is 23.1 Å². The molecule has 0 saturated carbocycles. The molecule has 1 aliphatic heterocycles. The van der Waals surface area contributed by atoms with Crippen LogP contribution in [0, 0.1) is 0 Å². The van der Waals surface area contributed by atoms with Crippen molar-refractivity contribution in [2.45, 2.75) is 25.8 Å². The maximum Gasteiger partial charge on any atom is 0.271 e. The zero-order chi connectivity index (χ0) is 18.8. The van der Waals surface area contributed by atoms with Crippen molar-refractivity contribution in [1.82, 2.24) is 9.55 Å². The summed E-state index contributed by atoms with van der Waals surface area (Å²) >= 11 is 1.35. The highest BCUT2D eigenvalue weighted by molar-refractivity contribution is 7.17. The van der Waals surface area contributed by atoms with Crippen LogP contribution >= 0.6 is 11.3 Å². The smallest absolute Gasteiger partial charge is 0.271 e. The molecule has 0 aliphatic carbocycles. The summed E-state index contributed by atoms with van der Waals surface area (Å²) in [6.07, 6.45) is 3.12. The Kier molecular flexibility index (Phi) is 4.72. The molecule has 1 fully saturated rings. The van der Waals surface area contributed by atoms with Crippen LogP contribution < -0.4 is 15.8 Å². The highest BCUT2D eigenvalue weighted by Crippen LogP contribution is 2.23. The average Bonchev–Trinajstić information content (AvgIpc) is 3.31. The summed E-state index contributed by atoms with van der Waals surface area (Å²) < 4.78 is 2.06. The number of carbonyl (C=O) groups excluding carboxylic acids is 2. The largest absolute Gasteiger partial charge is 0.326 e. The predicted octanol–water partition coefficient (Wildman–Crippen LogP) is 2.61. The number of nitrogens with one attached hydrogen (secondary N) is 1. The van der Waals surface area contributed by atoms with Crippen LogP contribution in [-0.4, -0.2) is 27.9 Å². The van der Waals surface area contributed by atoms with Gasteiger partial charge in [-0.3, -0.25) is 19.0 Å². The van der Waals surface area contributed by atoms with Gasteiger partial charge in [-0.2, -0.15) is 0 Å². The second kappa shape index (κ2) is 7.32. The maximum atomic E-state index is 12.3. The predicted molar refractivity (Wildman–Crippen MR) is 105 cm³/mol. The Labute approximate surface area is 159 Å². The highest BCUT2D eigenvalue weighted by atomic mass is 32.1. The van der Waals surface area contributed by atoms with Gasteiger partial charge in [0, 0.05) is 37.3 Å². The molecule has 1 aliphatic rings. The molecule has 1 saturated heterocycles. The van der Waals surface area contributed by atoms with Gasteiger partial charge in [0.15, 0.2) is 0 Å². The zero-order valence-corrected chi connectivity index (χ0v) is 15.4. The number of hydrogen-bond donors (Lipinski definition) is 1. The van der Waals surface area contributed by atoms with E-state index in [0.29, 0.717) is 22.3 Å². The van der Waals surface area contributed by atoms with E-state index in [9.17, 15) is 14.4 Å². The number of benzene rings is 1. The number of fused-ring (bicyclic) bond motifs is 1. The fraction of sp³-hybridized carbons (Fsp3) is 0.263. The summed E-state index contributed by atoms with van der Waals surface area (Å²) in [6, 6.07) is 9.03. The summed E-state index contributed by atoms with van der Waals surface area (Å²) in [7, 11) is 0. The summed E-state index contributed by atoms with van der Waals surface area (Å²) in [6.45, 7) is 1.01. The molecule has 0 bridgehead atoms. The molecular weight excluding hydrogens is 364 g/mol. The van der Waals surface area contributed by atoms with Crippen molar-refractivity contribution in [3.05, 3.63) is 52.4 Å². The molecule has 1 N–H and O–H groups in total. The molecule has 7 nitrogen and oxygen atoms in total. The van der Waals surface area contributed by atoms with Crippen LogP contribution in [0.1, 0.15) is 19.3 Å². The molecule has 0 radical (unpaired) electrons. The van der Waals surface area contributed by atoms with E-state index in [1.165, 1.54) is 22.2 Å². The second-order valence-electron chi connectivity index (χ2n) is 6.37. The van der Waals surface area contributed by atoms with Crippen molar-refractivity contribution in [2.24, 2.45) is 0 Å². The monoisotopic (exact) mass is 382 g/mol. The van der Waals surface area contributed by atoms with Gasteiger partial charge in [0.25, 0.3) is 5.56 Å². The quantitative estimate of drug-likeness (QED) is 0.735. The second-order valence-corrected chi connectivity index (χ2v) is 7.29. The van der Waals surface area contributed by atoms with Gasteiger partial charge in [0.05, 0.1) is 11.8 Å². The number of nitrogens with zero attached hydrogens (tertiary/aromatic N) is 3. The maximum absolute atomic E-state index is 12.3. The van der Waals surface area contributed by atoms with Crippen LogP contribution in [0.5, 0.6) is 0 Å². The first-order valence-electron chi connectivity index (χ1n) is 8.75. The Morgan fingerprint density at radius 2 is 2.00 bits per heavy atom. The number of hydrogen-bond acceptors (Lipinski definition) is 5. The first kappa shape index (κ1) is 17.4. The van der Waals surface area contributed by atoms with Gasteiger partial charge in [-0.15, -0.1) is 11.3 Å². The number of carbonyl (C=O) groups is 2. The van der Waals surface area contributed by atoms with Crippen LogP contribution in [0.2, 0.25) is 0 Å². The van der Waals surface area contributed by atoms with E-state index in [0.717, 1.165) is 18.7 Å². The number of aryl methyl sites for hydroxylation is 1. The Hall–Kier alpha value is -3.00. The number of thiophene rings is 1. The molecule has 138 valence electrons. The van der Waals surface area contributed by atoms with Crippen molar-refractivity contribution in [3.63, 3.8) is 0 Å². The van der Waals surface area contributed by atoms with Gasteiger partial charge in [-0.1, -0.05) is 0 Å². The van der Waals surface area contributed by atoms with Gasteiger partial charge in [0.2, 0.25) is 11.8 Å². The third-order valence-corrected chi connectivity index (χ3v) is 5.44. The average molecular weight is 382 g/mol. The fourth-order valence-electron chi connectivity index (χ4n) is 3.13. The first-order valence-corrected chi connectivity index (χ1v) is 9.63. The van der Waals surface area contributed by atoms with Gasteiger partial charge in [0.1, 0.15) is 4.70 Å². The normalized spacial score (nSPS) is 14.1. The third-order valence-electron chi connectivity index (χ3n) is 4.55. The molecule has 3 heterocycles. The lowest BCUT2D eigenvalue weighted by molar-refractivity contribution is -0.117. The van der Waals surface area contributed by atoms with Crippen LogP contribution in [0.3, 0.4) is 0 Å². The van der Waals surface area contributed by atoms with Crippen molar-refractivity contribution < 1.29 is 9.59 Å². The molecule has 2 aromatic heterocycles. The van der Waals surface area contributed by atoms with Gasteiger partial charge < -0.3 is 10.2 Å². The minimum Gasteiger partial charge on any atom is -0.326 e. The van der Waals surface area contributed by atoms with E-state index in [-0.39, 0.29) is 30.3 Å². The van der Waals surface area contributed by atoms with E-state index in [2.05, 4.69) is 10.3 Å². The van der Waals surface area contributed by atoms with Crippen molar-refractivity contribution in [3.8, 4) is 0 Å². The lowest BCUT2D eigenvalue weighted by Crippen LogP contribution is -2.24. The number of anilines is 2. The summed E-state index contributed by atoms with van der Waals surface area (Å²) in [5.41, 5.74) is 2.07. The summed E-state index contributed by atoms with van der Waals surface area (Å²) in [5.74, 6) is -0.0493. The molecule has 2 amide bonds. The minimum atomic E-state index is -0.182. The molecule has 0 atom stereocenters. The Morgan fingerprint density at radius 3 is 2.74 bits per heavy atom. The summed E-state index contributed by atoms with van der Waals surface area (Å²) in [5, 5.41) is 4.65. The van der Waals surface area contributed by atoms with E-state index < -0.39 is 0 Å². The lowest BCUT2D eigenvalue weighted by atomic mass is 10.2. The molecule has 4 rings (SSSR count). The van der Waals surface area contributed by atoms with Crippen LogP contribution in [0.15, 0.2) is 46.8 Å². The van der Waals surface area contributed by atoms with E-state index in [4.69, 9.17) is 0 Å². The molecule has 0 unspecified atom stereocenters. The van der Waals surface area contributed by atoms with Crippen LogP contribution in [0.4, 0.5) is 11.4 Å². The van der Waals surface area contributed by atoms with Crippen molar-refractivity contribution in [2.75, 3.05) is 16.8 Å². The molecular formula is C19H18N4O3S. The van der Waals surface area contributed by atoms with Gasteiger partial charge in [-0.05, 0) is 42.1 Å². The highest BCUT2D eigenvalue weighted by Gasteiger charge is 2.21. The van der Waals surface area contributed by atoms with Crippen molar-refractivity contribution >= 4 is 44.7 Å². The standard InChI is InChI=1S/C19H18N4O3S/c24-16(7-10-22-12-20-15-8-11-27-18(15)19(22)26)21-13-3-5-14(6-4-13)23-9-1-2-17(23)25/h3-6,8,11-12H,1-2,7,9-10H2,(H,21,24). The van der Waals surface area contributed by atoms with Crippen LogP contribution in [-0.2, 0) is 16.1 Å². The SMILES string of the molecule is O=C(CCn1cnc2ccsc2c1=O)Nc1ccc(N2CCCC2=O)cc1.